The van der Waals surface area contributed by atoms with Gasteiger partial charge in [0, 0.05) is 26.5 Å². The van der Waals surface area contributed by atoms with E-state index in [2.05, 4.69) is 19.2 Å². The number of ether oxygens (including phenoxy) is 10. The molecule has 0 aliphatic rings. The number of carbonyl (C=O) groups is 3. The van der Waals surface area contributed by atoms with Crippen molar-refractivity contribution in [2.75, 3.05) is 126 Å². The van der Waals surface area contributed by atoms with Gasteiger partial charge in [0.1, 0.15) is 13.2 Å². The Morgan fingerprint density at radius 3 is 1.09 bits per heavy atom. The minimum absolute atomic E-state index is 0. The molecule has 0 aromatic heterocycles. The highest BCUT2D eigenvalue weighted by atomic mass is 31.2. The van der Waals surface area contributed by atoms with E-state index in [1.165, 1.54) is 141 Å². The highest BCUT2D eigenvalue weighted by molar-refractivity contribution is 7.45. The smallest absolute Gasteiger partial charge is 0.407 e. The van der Waals surface area contributed by atoms with Crippen LogP contribution in [0.5, 0.6) is 0 Å². The van der Waals surface area contributed by atoms with Crippen LogP contribution in [0.2, 0.25) is 0 Å². The molecule has 5 N–H and O–H groups in total. The SMILES string of the molecule is CCCCCCCCCCCCCCCCCC(=O)OC[C@H](COP(=O)([O-])OCCNC(=O)OCCOCCOCCOCCOCCOCCOCCOC)OC(=O)CCCCCCCCCCCCCCCCC.[NH4+]. The van der Waals surface area contributed by atoms with Crippen molar-refractivity contribution in [2.24, 2.45) is 0 Å². The number of hydrogen-bond acceptors (Lipinski definition) is 17. The third-order valence-corrected chi connectivity index (χ3v) is 13.5. The quantitative estimate of drug-likeness (QED) is 0.0248. The average Bonchev–Trinajstić information content (AvgIpc) is 3.41. The van der Waals surface area contributed by atoms with Crippen LogP contribution in [0.25, 0.3) is 0 Å². The van der Waals surface area contributed by atoms with Crippen LogP contribution in [0.1, 0.15) is 219 Å². The van der Waals surface area contributed by atoms with Crippen molar-refractivity contribution in [1.29, 1.82) is 0 Å². The molecule has 0 fully saturated rings. The first-order valence-corrected chi connectivity index (χ1v) is 31.5. The lowest BCUT2D eigenvalue weighted by Crippen LogP contribution is -2.31. The predicted octanol–water partition coefficient (Wildman–Crippen LogP) is 12.3. The minimum Gasteiger partial charge on any atom is -0.756 e. The molecule has 0 aromatic carbocycles. The van der Waals surface area contributed by atoms with Gasteiger partial charge in [0.05, 0.1) is 99.1 Å². The normalized spacial score (nSPS) is 12.5. The molecule has 0 saturated heterocycles. The Balaban J connectivity index is 0. The van der Waals surface area contributed by atoms with Crippen LogP contribution in [0.3, 0.4) is 0 Å². The van der Waals surface area contributed by atoms with Gasteiger partial charge in [0.15, 0.2) is 6.10 Å². The highest BCUT2D eigenvalue weighted by Crippen LogP contribution is 2.38. The lowest BCUT2D eigenvalue weighted by Gasteiger charge is -2.25. The van der Waals surface area contributed by atoms with E-state index in [0.717, 1.165) is 38.5 Å². The van der Waals surface area contributed by atoms with Gasteiger partial charge in [-0.05, 0) is 12.8 Å². The van der Waals surface area contributed by atoms with Crippen molar-refractivity contribution in [1.82, 2.24) is 11.5 Å². The van der Waals surface area contributed by atoms with Gasteiger partial charge in [-0.1, -0.05) is 194 Å². The number of carbonyl (C=O) groups excluding carboxylic acids is 3. The Morgan fingerprint density at radius 2 is 0.727 bits per heavy atom. The summed E-state index contributed by atoms with van der Waals surface area (Å²) in [7, 11) is -3.26. The highest BCUT2D eigenvalue weighted by Gasteiger charge is 2.21. The number of nitrogens with one attached hydrogen (secondary N) is 1. The van der Waals surface area contributed by atoms with Crippen LogP contribution in [-0.4, -0.2) is 150 Å². The Morgan fingerprint density at radius 1 is 0.403 bits per heavy atom. The maximum Gasteiger partial charge on any atom is 0.407 e. The van der Waals surface area contributed by atoms with Crippen molar-refractivity contribution in [3.05, 3.63) is 0 Å². The van der Waals surface area contributed by atoms with Crippen LogP contribution < -0.4 is 16.4 Å². The van der Waals surface area contributed by atoms with Gasteiger partial charge in [-0.2, -0.15) is 0 Å². The molecule has 0 aliphatic carbocycles. The molecular formula is C57H115N2O17P. The molecule has 0 heterocycles. The second-order valence-electron chi connectivity index (χ2n) is 19.5. The average molecular weight is 1130 g/mol. The van der Waals surface area contributed by atoms with Crippen molar-refractivity contribution < 1.29 is 80.3 Å². The number of phosphoric acid groups is 1. The lowest BCUT2D eigenvalue weighted by molar-refractivity contribution is -0.228. The molecule has 0 radical (unpaired) electrons. The maximum absolute atomic E-state index is 12.8. The standard InChI is InChI=1S/C57H112NO17P.H3N/c1-4-6-8-10-12-14-16-18-20-22-24-26-28-30-32-34-55(59)72-52-54(75-56(60)35-33-31-29-27-25-23-21-19-17-15-13-11-9-7-5-2)53-74-76(62,63)73-37-36-58-57(61)71-51-50-70-49-48-69-47-46-68-45-44-67-43-42-66-41-40-65-39-38-64-3;/h54H,4-53H2,1-3H3,(H,58,61)(H,62,63);1H3/t54-;/m1./s1. The number of quaternary nitrogens is 1. The number of amides is 1. The van der Waals surface area contributed by atoms with E-state index in [0.29, 0.717) is 92.1 Å². The largest absolute Gasteiger partial charge is 0.756 e. The summed E-state index contributed by atoms with van der Waals surface area (Å²) in [6, 6.07) is 0. The van der Waals surface area contributed by atoms with E-state index in [4.69, 9.17) is 56.4 Å². The summed E-state index contributed by atoms with van der Waals surface area (Å²) >= 11 is 0. The van der Waals surface area contributed by atoms with Crippen molar-refractivity contribution in [3.8, 4) is 0 Å². The van der Waals surface area contributed by atoms with Crippen LogP contribution >= 0.6 is 7.82 Å². The lowest BCUT2D eigenvalue weighted by atomic mass is 10.0. The van der Waals surface area contributed by atoms with Gasteiger partial charge in [-0.25, -0.2) is 4.79 Å². The molecule has 0 bridgehead atoms. The van der Waals surface area contributed by atoms with Crippen LogP contribution in [0.15, 0.2) is 0 Å². The summed E-state index contributed by atoms with van der Waals surface area (Å²) in [5.74, 6) is -0.955. The van der Waals surface area contributed by atoms with Crippen molar-refractivity contribution in [3.63, 3.8) is 0 Å². The fourth-order valence-electron chi connectivity index (χ4n) is 8.01. The van der Waals surface area contributed by atoms with E-state index in [9.17, 15) is 23.8 Å². The summed E-state index contributed by atoms with van der Waals surface area (Å²) < 4.78 is 76.0. The summed E-state index contributed by atoms with van der Waals surface area (Å²) in [6.07, 6.45) is 34.9. The molecule has 460 valence electrons. The van der Waals surface area contributed by atoms with Crippen LogP contribution in [0.4, 0.5) is 4.79 Å². The Labute approximate surface area is 467 Å². The van der Waals surface area contributed by atoms with Gasteiger partial charge in [-0.15, -0.1) is 0 Å². The molecule has 0 rings (SSSR count). The van der Waals surface area contributed by atoms with E-state index in [1.807, 2.05) is 0 Å². The molecule has 1 unspecified atom stereocenters. The predicted molar refractivity (Wildman–Crippen MR) is 302 cm³/mol. The van der Waals surface area contributed by atoms with Gasteiger partial charge >= 0.3 is 18.0 Å². The molecule has 19 nitrogen and oxygen atoms in total. The van der Waals surface area contributed by atoms with Gasteiger partial charge < -0.3 is 72.8 Å². The molecule has 0 aliphatic heterocycles. The monoisotopic (exact) mass is 1130 g/mol. The van der Waals surface area contributed by atoms with E-state index >= 15 is 0 Å². The molecule has 0 aromatic rings. The zero-order valence-corrected chi connectivity index (χ0v) is 50.2. The first-order valence-electron chi connectivity index (χ1n) is 30.0. The Hall–Kier alpha value is -2.00. The zero-order chi connectivity index (χ0) is 55.4. The molecular weight excluding hydrogens is 1020 g/mol. The van der Waals surface area contributed by atoms with Crippen molar-refractivity contribution in [2.45, 2.75) is 225 Å². The first-order chi connectivity index (χ1) is 37.2. The number of methoxy groups -OCH3 is 1. The van der Waals surface area contributed by atoms with E-state index < -0.39 is 45.2 Å². The number of hydrogen-bond donors (Lipinski definition) is 2. The van der Waals surface area contributed by atoms with E-state index in [-0.39, 0.29) is 45.4 Å². The first kappa shape index (κ1) is 77.1. The Bertz CT molecular complexity index is 1290. The molecule has 20 heteroatoms. The topological polar surface area (TPSA) is 251 Å². The summed E-state index contributed by atoms with van der Waals surface area (Å²) in [4.78, 5) is 50.2. The second kappa shape index (κ2) is 63.2. The number of esters is 2. The van der Waals surface area contributed by atoms with Crippen molar-refractivity contribution >= 4 is 25.9 Å². The third kappa shape index (κ3) is 63.1. The molecule has 77 heavy (non-hydrogen) atoms. The molecule has 0 saturated carbocycles. The molecule has 0 spiro atoms. The summed E-state index contributed by atoms with van der Waals surface area (Å²) in [5, 5.41) is 2.40. The minimum atomic E-state index is -4.89. The number of alkyl carbamates (subject to hydrolysis) is 1. The van der Waals surface area contributed by atoms with E-state index in [1.54, 1.807) is 7.11 Å². The van der Waals surface area contributed by atoms with Gasteiger partial charge in [0.2, 0.25) is 0 Å². The number of rotatable bonds is 63. The van der Waals surface area contributed by atoms with Crippen LogP contribution in [-0.2, 0) is 70.6 Å². The summed E-state index contributed by atoms with van der Waals surface area (Å²) in [5.41, 5.74) is 0. The third-order valence-electron chi connectivity index (χ3n) is 12.5. The van der Waals surface area contributed by atoms with Gasteiger partial charge in [0.25, 0.3) is 7.82 Å². The second-order valence-corrected chi connectivity index (χ2v) is 20.9. The zero-order valence-electron chi connectivity index (χ0n) is 49.3. The molecule has 2 atom stereocenters. The maximum atomic E-state index is 12.8. The van der Waals surface area contributed by atoms with Crippen LogP contribution in [0, 0.1) is 0 Å². The Kier molecular flexibility index (Phi) is 63.2. The fourth-order valence-corrected chi connectivity index (χ4v) is 8.75. The fraction of sp³-hybridized carbons (Fsp3) is 0.947. The van der Waals surface area contributed by atoms with Gasteiger partial charge in [-0.3, -0.25) is 14.2 Å². The molecule has 1 amide bonds. The number of unbranched alkanes of at least 4 members (excludes halogenated alkanes) is 28. The summed E-state index contributed by atoms with van der Waals surface area (Å²) in [6.45, 7) is 8.45. The number of phosphoric ester groups is 1.